The molecule has 32 heavy (non-hydrogen) atoms. The molecule has 9 heteroatoms. The number of likely N-dealkylation sites (N-methyl/N-ethyl adjacent to an activating group) is 1. The molecule has 1 aliphatic heterocycles. The number of carbonyl (C=O) groups excluding carboxylic acids is 2. The second-order valence-electron chi connectivity index (χ2n) is 7.91. The molecule has 3 heterocycles. The molecule has 0 aliphatic carbocycles. The number of carbonyl (C=O) groups is 2. The van der Waals surface area contributed by atoms with Crippen molar-refractivity contribution in [2.75, 3.05) is 32.0 Å². The van der Waals surface area contributed by atoms with Crippen LogP contribution in [-0.4, -0.2) is 58.0 Å². The minimum atomic E-state index is -0.505. The molecule has 1 aromatic carbocycles. The lowest BCUT2D eigenvalue weighted by atomic mass is 10.0. The van der Waals surface area contributed by atoms with Gasteiger partial charge < -0.3 is 24.2 Å². The number of aromatic nitrogens is 2. The van der Waals surface area contributed by atoms with Crippen LogP contribution in [0.25, 0.3) is 0 Å². The van der Waals surface area contributed by atoms with Crippen LogP contribution in [0.3, 0.4) is 0 Å². The molecule has 1 aliphatic rings. The molecule has 1 atom stereocenters. The Hall–Kier alpha value is -3.72. The zero-order valence-electron chi connectivity index (χ0n) is 18.0. The Labute approximate surface area is 185 Å². The number of pyridine rings is 1. The molecule has 0 spiro atoms. The van der Waals surface area contributed by atoms with Crippen LogP contribution < -0.4 is 10.9 Å². The number of anilines is 1. The highest BCUT2D eigenvalue weighted by atomic mass is 16.5. The van der Waals surface area contributed by atoms with Crippen LogP contribution in [0.2, 0.25) is 0 Å². The lowest BCUT2D eigenvalue weighted by Gasteiger charge is -2.40. The molecule has 166 valence electrons. The first-order valence-electron chi connectivity index (χ1n) is 10.4. The largest absolute Gasteiger partial charge is 0.360 e. The summed E-state index contributed by atoms with van der Waals surface area (Å²) >= 11 is 0. The van der Waals surface area contributed by atoms with Crippen molar-refractivity contribution >= 4 is 17.6 Å². The number of benzene rings is 1. The van der Waals surface area contributed by atoms with E-state index in [1.807, 2.05) is 37.4 Å². The first-order valence-corrected chi connectivity index (χ1v) is 10.4. The van der Waals surface area contributed by atoms with E-state index in [9.17, 15) is 14.4 Å². The predicted molar refractivity (Wildman–Crippen MR) is 118 cm³/mol. The molecular formula is C23H25N5O4. The second-order valence-corrected chi connectivity index (χ2v) is 7.91. The summed E-state index contributed by atoms with van der Waals surface area (Å²) in [6, 6.07) is 14.3. The SMILES string of the molecule is Cc1cc(NC(=O)Cn2cccc(C(=O)N3CCN(C)C[C@@H]3c3ccccc3)c2=O)no1. The molecule has 9 nitrogen and oxygen atoms in total. The molecule has 4 rings (SSSR count). The fourth-order valence-corrected chi connectivity index (χ4v) is 3.86. The lowest BCUT2D eigenvalue weighted by molar-refractivity contribution is -0.116. The molecule has 0 bridgehead atoms. The van der Waals surface area contributed by atoms with Crippen LogP contribution in [0.5, 0.6) is 0 Å². The van der Waals surface area contributed by atoms with Gasteiger partial charge in [-0.15, -0.1) is 0 Å². The highest BCUT2D eigenvalue weighted by molar-refractivity contribution is 5.94. The van der Waals surface area contributed by atoms with Gasteiger partial charge in [0.2, 0.25) is 5.91 Å². The Morgan fingerprint density at radius 1 is 1.16 bits per heavy atom. The van der Waals surface area contributed by atoms with Gasteiger partial charge in [0.1, 0.15) is 17.9 Å². The molecule has 1 saturated heterocycles. The highest BCUT2D eigenvalue weighted by Gasteiger charge is 2.32. The van der Waals surface area contributed by atoms with Gasteiger partial charge in [-0.1, -0.05) is 35.5 Å². The zero-order valence-corrected chi connectivity index (χ0v) is 18.0. The van der Waals surface area contributed by atoms with E-state index in [-0.39, 0.29) is 29.9 Å². The van der Waals surface area contributed by atoms with Crippen molar-refractivity contribution < 1.29 is 14.1 Å². The van der Waals surface area contributed by atoms with Crippen LogP contribution in [-0.2, 0) is 11.3 Å². The fourth-order valence-electron chi connectivity index (χ4n) is 3.86. The molecule has 1 N–H and O–H groups in total. The summed E-state index contributed by atoms with van der Waals surface area (Å²) in [4.78, 5) is 42.7. The molecule has 3 aromatic rings. The van der Waals surface area contributed by atoms with Crippen molar-refractivity contribution in [1.82, 2.24) is 19.5 Å². The van der Waals surface area contributed by atoms with Gasteiger partial charge >= 0.3 is 0 Å². The van der Waals surface area contributed by atoms with E-state index in [1.54, 1.807) is 24.0 Å². The maximum atomic E-state index is 13.4. The van der Waals surface area contributed by atoms with Gasteiger partial charge in [-0.2, -0.15) is 0 Å². The summed E-state index contributed by atoms with van der Waals surface area (Å²) in [7, 11) is 2.02. The van der Waals surface area contributed by atoms with Crippen LogP contribution >= 0.6 is 0 Å². The van der Waals surface area contributed by atoms with E-state index in [4.69, 9.17) is 4.52 Å². The quantitative estimate of drug-likeness (QED) is 0.657. The van der Waals surface area contributed by atoms with Crippen molar-refractivity contribution in [1.29, 1.82) is 0 Å². The number of amides is 2. The number of piperazine rings is 1. The van der Waals surface area contributed by atoms with Crippen LogP contribution in [0.4, 0.5) is 5.82 Å². The third kappa shape index (κ3) is 4.62. The average Bonchev–Trinajstić information content (AvgIpc) is 3.19. The maximum absolute atomic E-state index is 13.4. The summed E-state index contributed by atoms with van der Waals surface area (Å²) in [5.41, 5.74) is 0.559. The Kier molecular flexibility index (Phi) is 6.18. The third-order valence-corrected chi connectivity index (χ3v) is 5.49. The number of hydrogen-bond acceptors (Lipinski definition) is 6. The first kappa shape index (κ1) is 21.5. The topological polar surface area (TPSA) is 101 Å². The normalized spacial score (nSPS) is 16.7. The van der Waals surface area contributed by atoms with Gasteiger partial charge in [-0.3, -0.25) is 14.4 Å². The molecule has 2 amide bonds. The van der Waals surface area contributed by atoms with Crippen molar-refractivity contribution in [2.45, 2.75) is 19.5 Å². The molecular weight excluding hydrogens is 410 g/mol. The third-order valence-electron chi connectivity index (χ3n) is 5.49. The number of rotatable bonds is 5. The van der Waals surface area contributed by atoms with Gasteiger partial charge in [0.15, 0.2) is 5.82 Å². The number of nitrogens with one attached hydrogen (secondary N) is 1. The Morgan fingerprint density at radius 3 is 2.66 bits per heavy atom. The lowest BCUT2D eigenvalue weighted by Crippen LogP contribution is -2.50. The van der Waals surface area contributed by atoms with Crippen molar-refractivity contribution in [3.8, 4) is 0 Å². The van der Waals surface area contributed by atoms with Crippen LogP contribution in [0.1, 0.15) is 27.7 Å². The van der Waals surface area contributed by atoms with E-state index in [2.05, 4.69) is 15.4 Å². The van der Waals surface area contributed by atoms with Gasteiger partial charge in [-0.05, 0) is 31.7 Å². The van der Waals surface area contributed by atoms with Crippen LogP contribution in [0, 0.1) is 6.92 Å². The van der Waals surface area contributed by atoms with Gasteiger partial charge in [0, 0.05) is 31.9 Å². The van der Waals surface area contributed by atoms with E-state index < -0.39 is 11.5 Å². The Morgan fingerprint density at radius 2 is 1.94 bits per heavy atom. The fraction of sp³-hybridized carbons (Fsp3) is 0.304. The minimum absolute atomic E-state index is 0.0445. The van der Waals surface area contributed by atoms with E-state index in [0.717, 1.165) is 12.1 Å². The van der Waals surface area contributed by atoms with Crippen molar-refractivity contribution in [3.63, 3.8) is 0 Å². The van der Waals surface area contributed by atoms with E-state index in [0.29, 0.717) is 18.8 Å². The first-order chi connectivity index (χ1) is 15.4. The number of hydrogen-bond donors (Lipinski definition) is 1. The van der Waals surface area contributed by atoms with E-state index >= 15 is 0 Å². The molecule has 2 aromatic heterocycles. The van der Waals surface area contributed by atoms with Crippen LogP contribution in [0.15, 0.2) is 64.0 Å². The number of nitrogens with zero attached hydrogens (tertiary/aromatic N) is 4. The summed E-state index contributed by atoms with van der Waals surface area (Å²) in [5, 5.41) is 6.29. The second kappa shape index (κ2) is 9.19. The predicted octanol–water partition coefficient (Wildman–Crippen LogP) is 1.91. The zero-order chi connectivity index (χ0) is 22.7. The van der Waals surface area contributed by atoms with Gasteiger partial charge in [0.05, 0.1) is 6.04 Å². The monoisotopic (exact) mass is 435 g/mol. The molecule has 1 fully saturated rings. The molecule has 0 unspecified atom stereocenters. The Bertz CT molecular complexity index is 1170. The highest BCUT2D eigenvalue weighted by Crippen LogP contribution is 2.26. The summed E-state index contributed by atoms with van der Waals surface area (Å²) in [5.74, 6) is 0.0618. The van der Waals surface area contributed by atoms with Crippen molar-refractivity contribution in [3.05, 3.63) is 82.0 Å². The molecule has 0 saturated carbocycles. The van der Waals surface area contributed by atoms with Gasteiger partial charge in [0.25, 0.3) is 11.5 Å². The molecule has 0 radical (unpaired) electrons. The maximum Gasteiger partial charge on any atom is 0.263 e. The summed E-state index contributed by atoms with van der Waals surface area (Å²) in [6.07, 6.45) is 1.49. The smallest absolute Gasteiger partial charge is 0.263 e. The Balaban J connectivity index is 1.55. The van der Waals surface area contributed by atoms with E-state index in [1.165, 1.54) is 16.8 Å². The summed E-state index contributed by atoms with van der Waals surface area (Å²) in [6.45, 7) is 3.38. The van der Waals surface area contributed by atoms with Gasteiger partial charge in [-0.25, -0.2) is 0 Å². The average molecular weight is 435 g/mol. The number of aryl methyl sites for hydroxylation is 1. The standard InChI is InChI=1S/C23H25N5O4/c1-16-13-20(25-32-16)24-21(29)15-27-10-6-9-18(22(27)30)23(31)28-12-11-26(2)14-19(28)17-7-4-3-5-8-17/h3-10,13,19H,11-12,14-15H2,1-2H3,(H,24,25,29)/t19-/m1/s1. The minimum Gasteiger partial charge on any atom is -0.360 e. The van der Waals surface area contributed by atoms with Crippen molar-refractivity contribution in [2.24, 2.45) is 0 Å². The summed E-state index contributed by atoms with van der Waals surface area (Å²) < 4.78 is 6.15.